The quantitative estimate of drug-likeness (QED) is 0.586. The van der Waals surface area contributed by atoms with E-state index < -0.39 is 8.07 Å². The van der Waals surface area contributed by atoms with Crippen LogP contribution in [0.4, 0.5) is 0 Å². The van der Waals surface area contributed by atoms with Crippen LogP contribution in [-0.4, -0.2) is 8.07 Å². The number of aryl methyl sites for hydroxylation is 2. The summed E-state index contributed by atoms with van der Waals surface area (Å²) in [5, 5.41) is 3.27. The summed E-state index contributed by atoms with van der Waals surface area (Å²) >= 11 is 0. The summed E-state index contributed by atoms with van der Waals surface area (Å²) in [4.78, 5) is 0. The fourth-order valence-corrected chi connectivity index (χ4v) is 6.91. The highest BCUT2D eigenvalue weighted by atomic mass is 28.3. The van der Waals surface area contributed by atoms with Gasteiger partial charge in [-0.1, -0.05) is 98.7 Å². The first-order valence-corrected chi connectivity index (χ1v) is 12.3. The highest BCUT2D eigenvalue weighted by Gasteiger charge is 2.29. The van der Waals surface area contributed by atoms with Crippen LogP contribution in [0.1, 0.15) is 50.7 Å². The third-order valence-electron chi connectivity index (χ3n) is 4.98. The van der Waals surface area contributed by atoms with Gasteiger partial charge in [0.05, 0.1) is 0 Å². The van der Waals surface area contributed by atoms with Crippen molar-refractivity contribution in [3.63, 3.8) is 0 Å². The second kappa shape index (κ2) is 8.49. The summed E-state index contributed by atoms with van der Waals surface area (Å²) in [5.74, 6) is 0. The van der Waals surface area contributed by atoms with E-state index >= 15 is 0 Å². The topological polar surface area (TPSA) is 0 Å². The van der Waals surface area contributed by atoms with Crippen LogP contribution in [0, 0.1) is 0 Å². The first-order valence-electron chi connectivity index (χ1n) is 9.28. The summed E-state index contributed by atoms with van der Waals surface area (Å²) in [6.07, 6.45) is 7.56. The highest BCUT2D eigenvalue weighted by molar-refractivity contribution is 7.00. The van der Waals surface area contributed by atoms with Gasteiger partial charge in [-0.25, -0.2) is 0 Å². The maximum absolute atomic E-state index is 2.53. The van der Waals surface area contributed by atoms with Gasteiger partial charge in [-0.3, -0.25) is 0 Å². The van der Waals surface area contributed by atoms with Gasteiger partial charge in [0.25, 0.3) is 0 Å². The maximum atomic E-state index is 2.53. The largest absolute Gasteiger partial charge is 0.112 e. The lowest BCUT2D eigenvalue weighted by Gasteiger charge is -2.29. The Hall–Kier alpha value is -1.34. The third kappa shape index (κ3) is 4.35. The van der Waals surface area contributed by atoms with E-state index in [9.17, 15) is 0 Å². The normalized spacial score (nSPS) is 11.7. The number of benzene rings is 2. The number of rotatable bonds is 8. The van der Waals surface area contributed by atoms with Crippen LogP contribution < -0.4 is 10.4 Å². The molecular formula is C22H32Si. The Morgan fingerprint density at radius 2 is 1.04 bits per heavy atom. The summed E-state index contributed by atoms with van der Waals surface area (Å²) in [7, 11) is -1.64. The molecule has 0 N–H and O–H groups in total. The fraction of sp³-hybridized carbons (Fsp3) is 0.455. The zero-order chi connectivity index (χ0) is 16.7. The lowest BCUT2D eigenvalue weighted by Crippen LogP contribution is -2.55. The molecule has 23 heavy (non-hydrogen) atoms. The van der Waals surface area contributed by atoms with Crippen LogP contribution in [0.25, 0.3) is 0 Å². The van der Waals surface area contributed by atoms with Crippen molar-refractivity contribution in [3.05, 3.63) is 59.7 Å². The van der Waals surface area contributed by atoms with Crippen molar-refractivity contribution < 1.29 is 0 Å². The zero-order valence-corrected chi connectivity index (χ0v) is 16.4. The van der Waals surface area contributed by atoms with E-state index in [1.54, 1.807) is 21.5 Å². The summed E-state index contributed by atoms with van der Waals surface area (Å²) in [5.41, 5.74) is 3.16. The van der Waals surface area contributed by atoms with Gasteiger partial charge < -0.3 is 0 Å². The van der Waals surface area contributed by atoms with Gasteiger partial charge in [0.2, 0.25) is 0 Å². The molecule has 2 aromatic carbocycles. The van der Waals surface area contributed by atoms with Gasteiger partial charge in [0.1, 0.15) is 8.07 Å². The predicted molar refractivity (Wildman–Crippen MR) is 107 cm³/mol. The van der Waals surface area contributed by atoms with Crippen molar-refractivity contribution in [1.29, 1.82) is 0 Å². The Labute approximate surface area is 144 Å². The maximum Gasteiger partial charge on any atom is 0.112 e. The van der Waals surface area contributed by atoms with Crippen molar-refractivity contribution in [2.45, 2.75) is 65.5 Å². The van der Waals surface area contributed by atoms with Crippen LogP contribution in [0.2, 0.25) is 13.1 Å². The van der Waals surface area contributed by atoms with E-state index in [0.717, 1.165) is 0 Å². The molecule has 0 nitrogen and oxygen atoms in total. The number of hydrogen-bond acceptors (Lipinski definition) is 0. The van der Waals surface area contributed by atoms with Gasteiger partial charge in [-0.05, 0) is 36.8 Å². The molecule has 2 aromatic rings. The molecule has 0 spiro atoms. The van der Waals surface area contributed by atoms with Crippen LogP contribution in [-0.2, 0) is 12.8 Å². The second-order valence-corrected chi connectivity index (χ2v) is 11.5. The first-order chi connectivity index (χ1) is 11.1. The predicted octanol–water partition coefficient (Wildman–Crippen LogP) is 5.19. The van der Waals surface area contributed by atoms with Crippen LogP contribution >= 0.6 is 0 Å². The third-order valence-corrected chi connectivity index (χ3v) is 8.65. The molecule has 0 aliphatic heterocycles. The van der Waals surface area contributed by atoms with Crippen molar-refractivity contribution in [3.8, 4) is 0 Å². The lowest BCUT2D eigenvalue weighted by atomic mass is 10.1. The molecule has 2 rings (SSSR count). The fourth-order valence-electron chi connectivity index (χ4n) is 3.58. The van der Waals surface area contributed by atoms with Gasteiger partial charge in [0.15, 0.2) is 0 Å². The van der Waals surface area contributed by atoms with E-state index in [1.165, 1.54) is 38.5 Å². The van der Waals surface area contributed by atoms with Gasteiger partial charge >= 0.3 is 0 Å². The van der Waals surface area contributed by atoms with E-state index in [-0.39, 0.29) is 0 Å². The minimum atomic E-state index is -1.64. The molecule has 0 saturated carbocycles. The highest BCUT2D eigenvalue weighted by Crippen LogP contribution is 2.14. The van der Waals surface area contributed by atoms with Gasteiger partial charge in [-0.2, -0.15) is 0 Å². The summed E-state index contributed by atoms with van der Waals surface area (Å²) < 4.78 is 0. The number of hydrogen-bond donors (Lipinski definition) is 0. The molecule has 0 aromatic heterocycles. The average Bonchev–Trinajstić information content (AvgIpc) is 2.58. The summed E-state index contributed by atoms with van der Waals surface area (Å²) in [6.45, 7) is 9.63. The molecular weight excluding hydrogens is 292 g/mol. The second-order valence-electron chi connectivity index (χ2n) is 7.15. The van der Waals surface area contributed by atoms with Crippen LogP contribution in [0.15, 0.2) is 48.5 Å². The Kier molecular flexibility index (Phi) is 6.65. The molecule has 0 atom stereocenters. The Balaban J connectivity index is 2.42. The van der Waals surface area contributed by atoms with Crippen molar-refractivity contribution in [1.82, 2.24) is 0 Å². The zero-order valence-electron chi connectivity index (χ0n) is 15.4. The van der Waals surface area contributed by atoms with Crippen molar-refractivity contribution >= 4 is 18.4 Å². The molecule has 1 heteroatoms. The summed E-state index contributed by atoms with van der Waals surface area (Å²) in [6, 6.07) is 18.4. The monoisotopic (exact) mass is 324 g/mol. The molecule has 124 valence electrons. The van der Waals surface area contributed by atoms with E-state index in [1.807, 2.05) is 0 Å². The molecule has 0 saturated heterocycles. The molecule has 0 radical (unpaired) electrons. The first kappa shape index (κ1) is 18.0. The van der Waals surface area contributed by atoms with Gasteiger partial charge in [-0.15, -0.1) is 0 Å². The van der Waals surface area contributed by atoms with Crippen LogP contribution in [0.5, 0.6) is 0 Å². The lowest BCUT2D eigenvalue weighted by molar-refractivity contribution is 0.796. The Bertz CT molecular complexity index is 559. The van der Waals surface area contributed by atoms with Gasteiger partial charge in [0, 0.05) is 0 Å². The minimum Gasteiger partial charge on any atom is -0.0654 e. The number of unbranched alkanes of at least 4 members (excludes halogenated alkanes) is 2. The smallest absolute Gasteiger partial charge is 0.0654 e. The molecule has 0 aliphatic carbocycles. The minimum absolute atomic E-state index is 1.22. The molecule has 0 bridgehead atoms. The standard InChI is InChI=1S/C22H32Si/c1-5-7-13-19-15-9-11-17-21(19)23(3,4)22-18-12-10-16-20(22)14-8-6-2/h9-12,15-18H,5-8,13-14H2,1-4H3. The SMILES string of the molecule is CCCCc1ccccc1[Si](C)(C)c1ccccc1CCCC. The Morgan fingerprint density at radius 3 is 1.43 bits per heavy atom. The van der Waals surface area contributed by atoms with E-state index in [4.69, 9.17) is 0 Å². The molecule has 0 amide bonds. The molecule has 0 unspecified atom stereocenters. The van der Waals surface area contributed by atoms with E-state index in [2.05, 4.69) is 75.5 Å². The average molecular weight is 325 g/mol. The Morgan fingerprint density at radius 1 is 0.652 bits per heavy atom. The van der Waals surface area contributed by atoms with Crippen molar-refractivity contribution in [2.75, 3.05) is 0 Å². The molecule has 0 aliphatic rings. The van der Waals surface area contributed by atoms with Crippen molar-refractivity contribution in [2.24, 2.45) is 0 Å². The molecule has 0 fully saturated rings. The van der Waals surface area contributed by atoms with E-state index in [0.29, 0.717) is 0 Å². The molecule has 0 heterocycles. The van der Waals surface area contributed by atoms with Crippen LogP contribution in [0.3, 0.4) is 0 Å².